The summed E-state index contributed by atoms with van der Waals surface area (Å²) in [6, 6.07) is 49.2. The molecule has 12 heteroatoms. The summed E-state index contributed by atoms with van der Waals surface area (Å²) in [4.78, 5) is 34.6. The number of ether oxygens (including phenoxy) is 6. The Morgan fingerprint density at radius 2 is 1.17 bits per heavy atom. The van der Waals surface area contributed by atoms with E-state index >= 15 is 0 Å². The molecule has 8 aromatic rings. The highest BCUT2D eigenvalue weighted by molar-refractivity contribution is 6.02. The van der Waals surface area contributed by atoms with Crippen LogP contribution >= 0.6 is 0 Å². The molecule has 0 unspecified atom stereocenters. The van der Waals surface area contributed by atoms with Gasteiger partial charge in [-0.1, -0.05) is 131 Å². The van der Waals surface area contributed by atoms with Gasteiger partial charge in [0.15, 0.2) is 11.5 Å². The number of methoxy groups -OCH3 is 1. The molecule has 12 nitrogen and oxygen atoms in total. The molecule has 0 heterocycles. The minimum absolute atomic E-state index is 0.00701. The first-order valence-electron chi connectivity index (χ1n) is 18.9. The molecule has 0 atom stereocenters. The topological polar surface area (TPSA) is 130 Å². The smallest absolute Gasteiger partial charge is 0.496 e. The van der Waals surface area contributed by atoms with Crippen molar-refractivity contribution in [2.24, 2.45) is 0 Å². The van der Waals surface area contributed by atoms with Gasteiger partial charge in [0, 0.05) is 5.39 Å². The second-order valence-electron chi connectivity index (χ2n) is 13.1. The van der Waals surface area contributed by atoms with Gasteiger partial charge in [-0.3, -0.25) is 0 Å². The number of rotatable bonds is 17. The summed E-state index contributed by atoms with van der Waals surface area (Å²) in [6.45, 7) is 2.10. The zero-order valence-electron chi connectivity index (χ0n) is 32.4. The highest BCUT2D eigenvalue weighted by Crippen LogP contribution is 2.55. The number of hydrogen-bond acceptors (Lipinski definition) is 11. The normalized spacial score (nSPS) is 11.2. The predicted molar refractivity (Wildman–Crippen MR) is 223 cm³/mol. The Bertz CT molecular complexity index is 2660. The Labute approximate surface area is 344 Å². The molecule has 0 amide bonds. The number of hydrogen-bond donors (Lipinski definition) is 1. The highest BCUT2D eigenvalue weighted by Gasteiger charge is 2.47. The fourth-order valence-electron chi connectivity index (χ4n) is 6.53. The van der Waals surface area contributed by atoms with Crippen LogP contribution in [0.1, 0.15) is 12.5 Å². The van der Waals surface area contributed by atoms with Gasteiger partial charge in [0.1, 0.15) is 29.6 Å². The van der Waals surface area contributed by atoms with Crippen molar-refractivity contribution in [2.45, 2.75) is 19.7 Å². The van der Waals surface area contributed by atoms with Crippen molar-refractivity contribution >= 4 is 38.5 Å². The highest BCUT2D eigenvalue weighted by atomic mass is 17.4. The van der Waals surface area contributed by atoms with E-state index < -0.39 is 12.3 Å². The Balaban J connectivity index is 1.32. The lowest BCUT2D eigenvalue weighted by molar-refractivity contribution is -0.586. The van der Waals surface area contributed by atoms with Gasteiger partial charge >= 0.3 is 12.3 Å². The first kappa shape index (κ1) is 39.2. The van der Waals surface area contributed by atoms with Crippen LogP contribution in [0.25, 0.3) is 32.3 Å². The number of fused-ring (bicyclic) bond motifs is 3. The van der Waals surface area contributed by atoms with Gasteiger partial charge in [-0.05, 0) is 76.5 Å². The molecule has 8 rings (SSSR count). The van der Waals surface area contributed by atoms with Crippen molar-refractivity contribution in [1.29, 1.82) is 0 Å². The van der Waals surface area contributed by atoms with E-state index in [1.54, 1.807) is 86.0 Å². The molecule has 0 fully saturated rings. The maximum absolute atomic E-state index is 12.0. The first-order valence-corrected chi connectivity index (χ1v) is 18.9. The number of carbonyl (C=O) groups is 1. The van der Waals surface area contributed by atoms with Crippen molar-refractivity contribution in [2.75, 3.05) is 13.7 Å². The summed E-state index contributed by atoms with van der Waals surface area (Å²) in [7, 11) is 1.54. The molecule has 0 spiro atoms. The van der Waals surface area contributed by atoms with Crippen LogP contribution in [0.15, 0.2) is 164 Å². The van der Waals surface area contributed by atoms with Gasteiger partial charge in [0.25, 0.3) is 5.75 Å². The summed E-state index contributed by atoms with van der Waals surface area (Å²) in [6.07, 6.45) is -4.76. The van der Waals surface area contributed by atoms with Gasteiger partial charge in [0.2, 0.25) is 5.75 Å². The Morgan fingerprint density at radius 3 is 1.77 bits per heavy atom. The number of benzene rings is 8. The van der Waals surface area contributed by atoms with Gasteiger partial charge in [-0.25, -0.2) is 9.68 Å². The average Bonchev–Trinajstić information content (AvgIpc) is 3.28. The molecule has 0 aliphatic carbocycles. The molecule has 0 aromatic heterocycles. The first-order chi connectivity index (χ1) is 29.4. The van der Waals surface area contributed by atoms with Crippen LogP contribution < -0.4 is 33.3 Å². The third kappa shape index (κ3) is 8.75. The molecule has 0 bridgehead atoms. The van der Waals surface area contributed by atoms with Gasteiger partial charge in [-0.15, -0.1) is 0 Å². The van der Waals surface area contributed by atoms with Crippen molar-refractivity contribution in [3.05, 3.63) is 169 Å². The van der Waals surface area contributed by atoms with Crippen LogP contribution in [0.2, 0.25) is 0 Å². The van der Waals surface area contributed by atoms with E-state index in [0.717, 1.165) is 27.1 Å². The standard InChI is InChI=1S/C48H38O12/c1-3-52-44-42-40(23-14-24-41(42)51-2)43(53-31-32-15-6-4-7-16-32)46(45(44)54-37-21-8-5-9-22-37)57-59-48(60-58-47(49)50,55-38-27-25-33-17-10-12-19-35(33)29-38)56-39-28-26-34-18-11-13-20-36(34)30-39/h4-30H,3,31H2,1-2H3,(H,49,50). The van der Waals surface area contributed by atoms with Crippen LogP contribution in [0.5, 0.6) is 46.0 Å². The quantitative estimate of drug-likeness (QED) is 0.0534. The van der Waals surface area contributed by atoms with E-state index in [1.165, 1.54) is 0 Å². The largest absolute Gasteiger partial charge is 0.581 e. The van der Waals surface area contributed by atoms with Crippen LogP contribution in [-0.4, -0.2) is 31.1 Å². The molecule has 302 valence electrons. The van der Waals surface area contributed by atoms with E-state index in [2.05, 4.69) is 0 Å². The molecular weight excluding hydrogens is 769 g/mol. The Morgan fingerprint density at radius 1 is 0.567 bits per heavy atom. The van der Waals surface area contributed by atoms with E-state index in [4.69, 9.17) is 48.0 Å². The summed E-state index contributed by atoms with van der Waals surface area (Å²) in [5.41, 5.74) is 0.839. The summed E-state index contributed by atoms with van der Waals surface area (Å²) in [5.74, 6) is 1.32. The lowest BCUT2D eigenvalue weighted by atomic mass is 10.1. The minimum Gasteiger partial charge on any atom is -0.496 e. The Kier molecular flexibility index (Phi) is 11.7. The average molecular weight is 807 g/mol. The Hall–Kier alpha value is -7.67. The van der Waals surface area contributed by atoms with E-state index in [9.17, 15) is 9.90 Å². The number of carboxylic acid groups (broad SMARTS) is 1. The van der Waals surface area contributed by atoms with Crippen molar-refractivity contribution in [1.82, 2.24) is 0 Å². The van der Waals surface area contributed by atoms with E-state index in [0.29, 0.717) is 22.3 Å². The molecule has 8 aromatic carbocycles. The van der Waals surface area contributed by atoms with Gasteiger partial charge in [-0.2, -0.15) is 0 Å². The van der Waals surface area contributed by atoms with Crippen LogP contribution in [0.3, 0.4) is 0 Å². The SMILES string of the molecule is CCOc1c(Oc2ccccc2)c(OOC(OOC(=O)O)(Oc2ccc3ccccc3c2)Oc2ccc3ccccc3c2)c(OCc2ccccc2)c2cccc(OC)c12. The molecule has 0 aliphatic heterocycles. The molecule has 0 saturated carbocycles. The van der Waals surface area contributed by atoms with E-state index in [-0.39, 0.29) is 47.7 Å². The van der Waals surface area contributed by atoms with E-state index in [1.807, 2.05) is 91.9 Å². The fourth-order valence-corrected chi connectivity index (χ4v) is 6.53. The number of para-hydroxylation sites is 1. The zero-order valence-corrected chi connectivity index (χ0v) is 32.4. The van der Waals surface area contributed by atoms with Crippen molar-refractivity contribution in [3.63, 3.8) is 0 Å². The van der Waals surface area contributed by atoms with Gasteiger partial charge in [0.05, 0.1) is 19.1 Å². The lowest BCUT2D eigenvalue weighted by Crippen LogP contribution is -2.49. The van der Waals surface area contributed by atoms with Crippen molar-refractivity contribution in [3.8, 4) is 46.0 Å². The molecular formula is C48H38O12. The lowest BCUT2D eigenvalue weighted by Gasteiger charge is -2.29. The third-order valence-electron chi connectivity index (χ3n) is 9.18. The van der Waals surface area contributed by atoms with Gasteiger partial charge < -0.3 is 38.4 Å². The fraction of sp³-hybridized carbons (Fsp3) is 0.104. The maximum Gasteiger partial charge on any atom is 0.581 e. The summed E-state index contributed by atoms with van der Waals surface area (Å²) >= 11 is 0. The predicted octanol–water partition coefficient (Wildman–Crippen LogP) is 11.6. The molecule has 60 heavy (non-hydrogen) atoms. The monoisotopic (exact) mass is 806 g/mol. The molecule has 1 N–H and O–H groups in total. The molecule has 0 radical (unpaired) electrons. The summed E-state index contributed by atoms with van der Waals surface area (Å²) in [5, 5.41) is 14.1. The summed E-state index contributed by atoms with van der Waals surface area (Å²) < 4.78 is 38.0. The minimum atomic E-state index is -2.93. The molecule has 0 aliphatic rings. The van der Waals surface area contributed by atoms with Crippen LogP contribution in [-0.2, 0) is 21.3 Å². The maximum atomic E-state index is 12.0. The van der Waals surface area contributed by atoms with Crippen molar-refractivity contribution < 1.29 is 57.9 Å². The van der Waals surface area contributed by atoms with Crippen LogP contribution in [0, 0.1) is 0 Å². The molecule has 0 saturated heterocycles. The third-order valence-corrected chi connectivity index (χ3v) is 9.18. The van der Waals surface area contributed by atoms with Crippen LogP contribution in [0.4, 0.5) is 4.79 Å². The second-order valence-corrected chi connectivity index (χ2v) is 13.1. The zero-order chi connectivity index (χ0) is 41.3. The second kappa shape index (κ2) is 17.9.